The van der Waals surface area contributed by atoms with Crippen LogP contribution in [0.15, 0.2) is 48.5 Å². The molecule has 0 fully saturated rings. The number of hydrogen-bond donors (Lipinski definition) is 1. The topological polar surface area (TPSA) is 43.1 Å². The molecule has 2 N–H and O–H groups in total. The number of nitrogens with two attached hydrogens (primary N) is 1. The number of primary amides is 1. The fraction of sp³-hybridized carbons (Fsp3) is 0.0714. The van der Waals surface area contributed by atoms with Crippen LogP contribution in [0, 0.1) is 5.82 Å². The van der Waals surface area contributed by atoms with Crippen LogP contribution >= 0.6 is 0 Å². The van der Waals surface area contributed by atoms with Gasteiger partial charge in [0.05, 0.1) is 6.42 Å². The van der Waals surface area contributed by atoms with E-state index in [0.29, 0.717) is 0 Å². The average molecular weight is 229 g/mol. The third-order valence-electron chi connectivity index (χ3n) is 2.54. The summed E-state index contributed by atoms with van der Waals surface area (Å²) in [4.78, 5) is 11.0. The highest BCUT2D eigenvalue weighted by Gasteiger charge is 2.06. The molecule has 1 amide bonds. The molecule has 0 saturated heterocycles. The Labute approximate surface area is 98.9 Å². The maximum Gasteiger partial charge on any atom is 0.221 e. The number of benzene rings is 2. The van der Waals surface area contributed by atoms with Gasteiger partial charge in [-0.2, -0.15) is 0 Å². The minimum absolute atomic E-state index is 0.188. The van der Waals surface area contributed by atoms with Gasteiger partial charge in [-0.05, 0) is 28.8 Å². The number of halogens is 1. The second-order valence-corrected chi connectivity index (χ2v) is 3.81. The molecular formula is C14H12FNO. The molecule has 2 nitrogen and oxygen atoms in total. The first-order chi connectivity index (χ1) is 8.16. The van der Waals surface area contributed by atoms with E-state index >= 15 is 0 Å². The molecule has 0 unspecified atom stereocenters. The molecule has 3 heteroatoms. The quantitative estimate of drug-likeness (QED) is 0.863. The molecule has 0 aliphatic carbocycles. The van der Waals surface area contributed by atoms with Crippen molar-refractivity contribution in [1.29, 1.82) is 0 Å². The van der Waals surface area contributed by atoms with Gasteiger partial charge in [-0.15, -0.1) is 0 Å². The lowest BCUT2D eigenvalue weighted by Crippen LogP contribution is -2.14. The molecule has 0 heterocycles. The summed E-state index contributed by atoms with van der Waals surface area (Å²) in [6.07, 6.45) is 0.188. The zero-order valence-corrected chi connectivity index (χ0v) is 9.19. The third kappa shape index (κ3) is 2.69. The Balaban J connectivity index is 2.44. The Morgan fingerprint density at radius 3 is 2.35 bits per heavy atom. The number of rotatable bonds is 3. The molecule has 2 aromatic rings. The van der Waals surface area contributed by atoms with Gasteiger partial charge in [0.2, 0.25) is 5.91 Å². The molecule has 2 aromatic carbocycles. The lowest BCUT2D eigenvalue weighted by Gasteiger charge is -2.08. The number of hydrogen-bond acceptors (Lipinski definition) is 1. The van der Waals surface area contributed by atoms with Gasteiger partial charge >= 0.3 is 0 Å². The number of amides is 1. The second kappa shape index (κ2) is 4.78. The van der Waals surface area contributed by atoms with E-state index in [1.165, 1.54) is 12.1 Å². The van der Waals surface area contributed by atoms with Crippen molar-refractivity contribution in [2.75, 3.05) is 0 Å². The Kier molecular flexibility index (Phi) is 3.19. The number of carbonyl (C=O) groups excluding carboxylic acids is 1. The van der Waals surface area contributed by atoms with Crippen molar-refractivity contribution < 1.29 is 9.18 Å². The van der Waals surface area contributed by atoms with E-state index in [-0.39, 0.29) is 18.1 Å². The summed E-state index contributed by atoms with van der Waals surface area (Å²) in [5.41, 5.74) is 7.84. The monoisotopic (exact) mass is 229 g/mol. The highest BCUT2D eigenvalue weighted by molar-refractivity contribution is 5.80. The van der Waals surface area contributed by atoms with E-state index in [1.807, 2.05) is 24.3 Å². The van der Waals surface area contributed by atoms with E-state index in [4.69, 9.17) is 5.73 Å². The molecule has 0 radical (unpaired) electrons. The lowest BCUT2D eigenvalue weighted by atomic mass is 9.97. The van der Waals surface area contributed by atoms with Crippen LogP contribution in [0.3, 0.4) is 0 Å². The molecule has 0 spiro atoms. The first kappa shape index (κ1) is 11.3. The van der Waals surface area contributed by atoms with E-state index in [9.17, 15) is 9.18 Å². The van der Waals surface area contributed by atoms with Crippen molar-refractivity contribution in [2.45, 2.75) is 6.42 Å². The van der Waals surface area contributed by atoms with Crippen LogP contribution < -0.4 is 5.73 Å². The SMILES string of the molecule is NC(=O)Cc1ccccc1-c1ccc(F)cc1. The van der Waals surface area contributed by atoms with Crippen molar-refractivity contribution in [3.05, 3.63) is 59.9 Å². The van der Waals surface area contributed by atoms with Crippen molar-refractivity contribution in [1.82, 2.24) is 0 Å². The van der Waals surface area contributed by atoms with Crippen LogP contribution in [0.2, 0.25) is 0 Å². The van der Waals surface area contributed by atoms with Gasteiger partial charge in [-0.1, -0.05) is 36.4 Å². The second-order valence-electron chi connectivity index (χ2n) is 3.81. The summed E-state index contributed by atoms with van der Waals surface area (Å²) < 4.78 is 12.8. The van der Waals surface area contributed by atoms with E-state index in [2.05, 4.69) is 0 Å². The first-order valence-electron chi connectivity index (χ1n) is 5.29. The standard InChI is InChI=1S/C14H12FNO/c15-12-7-5-10(6-8-12)13-4-2-1-3-11(13)9-14(16)17/h1-8H,9H2,(H2,16,17). The predicted molar refractivity (Wildman–Crippen MR) is 64.7 cm³/mol. The van der Waals surface area contributed by atoms with Gasteiger partial charge in [-0.25, -0.2) is 4.39 Å². The summed E-state index contributed by atoms with van der Waals surface area (Å²) in [5.74, 6) is -0.652. The van der Waals surface area contributed by atoms with E-state index in [0.717, 1.165) is 16.7 Å². The van der Waals surface area contributed by atoms with Gasteiger partial charge in [0.15, 0.2) is 0 Å². The molecule has 0 saturated carbocycles. The highest BCUT2D eigenvalue weighted by Crippen LogP contribution is 2.24. The van der Waals surface area contributed by atoms with Crippen LogP contribution in [0.4, 0.5) is 4.39 Å². The Bertz CT molecular complexity index is 534. The predicted octanol–water partition coefficient (Wildman–Crippen LogP) is 2.52. The van der Waals surface area contributed by atoms with Crippen molar-refractivity contribution in [3.8, 4) is 11.1 Å². The van der Waals surface area contributed by atoms with Gasteiger partial charge < -0.3 is 5.73 Å². The van der Waals surface area contributed by atoms with Gasteiger partial charge in [0.25, 0.3) is 0 Å². The Hall–Kier alpha value is -2.16. The van der Waals surface area contributed by atoms with Crippen LogP contribution in [-0.2, 0) is 11.2 Å². The summed E-state index contributed by atoms with van der Waals surface area (Å²) in [6, 6.07) is 13.7. The van der Waals surface area contributed by atoms with Crippen molar-refractivity contribution >= 4 is 5.91 Å². The Morgan fingerprint density at radius 1 is 1.06 bits per heavy atom. The Morgan fingerprint density at radius 2 is 1.71 bits per heavy atom. The maximum absolute atomic E-state index is 12.8. The van der Waals surface area contributed by atoms with Crippen molar-refractivity contribution in [3.63, 3.8) is 0 Å². The van der Waals surface area contributed by atoms with Gasteiger partial charge in [0, 0.05) is 0 Å². The maximum atomic E-state index is 12.8. The summed E-state index contributed by atoms with van der Waals surface area (Å²) in [5, 5.41) is 0. The summed E-state index contributed by atoms with van der Waals surface area (Å²) >= 11 is 0. The third-order valence-corrected chi connectivity index (χ3v) is 2.54. The number of carbonyl (C=O) groups is 1. The van der Waals surface area contributed by atoms with Gasteiger partial charge in [0.1, 0.15) is 5.82 Å². The first-order valence-corrected chi connectivity index (χ1v) is 5.29. The molecule has 0 aromatic heterocycles. The molecule has 0 aliphatic heterocycles. The molecular weight excluding hydrogens is 217 g/mol. The molecule has 17 heavy (non-hydrogen) atoms. The highest BCUT2D eigenvalue weighted by atomic mass is 19.1. The largest absolute Gasteiger partial charge is 0.369 e. The molecule has 0 bridgehead atoms. The molecule has 0 atom stereocenters. The average Bonchev–Trinajstić information content (AvgIpc) is 2.30. The molecule has 0 aliphatic rings. The van der Waals surface area contributed by atoms with E-state index in [1.54, 1.807) is 12.1 Å². The molecule has 2 rings (SSSR count). The van der Waals surface area contributed by atoms with Crippen LogP contribution in [0.5, 0.6) is 0 Å². The lowest BCUT2D eigenvalue weighted by molar-refractivity contribution is -0.117. The van der Waals surface area contributed by atoms with Crippen LogP contribution in [0.25, 0.3) is 11.1 Å². The minimum Gasteiger partial charge on any atom is -0.369 e. The summed E-state index contributed by atoms with van der Waals surface area (Å²) in [6.45, 7) is 0. The zero-order valence-electron chi connectivity index (χ0n) is 9.19. The van der Waals surface area contributed by atoms with Crippen LogP contribution in [0.1, 0.15) is 5.56 Å². The normalized spacial score (nSPS) is 10.2. The van der Waals surface area contributed by atoms with E-state index < -0.39 is 0 Å². The molecule has 86 valence electrons. The zero-order chi connectivity index (χ0) is 12.3. The van der Waals surface area contributed by atoms with Gasteiger partial charge in [-0.3, -0.25) is 4.79 Å². The van der Waals surface area contributed by atoms with Crippen LogP contribution in [-0.4, -0.2) is 5.91 Å². The fourth-order valence-electron chi connectivity index (χ4n) is 1.77. The fourth-order valence-corrected chi connectivity index (χ4v) is 1.77. The summed E-state index contributed by atoms with van der Waals surface area (Å²) in [7, 11) is 0. The van der Waals surface area contributed by atoms with Crippen molar-refractivity contribution in [2.24, 2.45) is 5.73 Å². The minimum atomic E-state index is -0.375. The smallest absolute Gasteiger partial charge is 0.221 e.